The van der Waals surface area contributed by atoms with Crippen molar-refractivity contribution in [1.29, 1.82) is 0 Å². The topological polar surface area (TPSA) is 68.7 Å². The monoisotopic (exact) mass is 326 g/mol. The van der Waals surface area contributed by atoms with Crippen LogP contribution in [0.2, 0.25) is 0 Å². The highest BCUT2D eigenvalue weighted by Gasteiger charge is 2.25. The highest BCUT2D eigenvalue weighted by atomic mass is 32.2. The van der Waals surface area contributed by atoms with Gasteiger partial charge in [-0.3, -0.25) is 0 Å². The SMILES string of the molecule is Cc1csc(N(C)S(=O)(=O)c2ccc3c(c2)OCCO3)n1. The normalized spacial score (nSPS) is 14.0. The summed E-state index contributed by atoms with van der Waals surface area (Å²) in [7, 11) is -2.18. The first kappa shape index (κ1) is 14.2. The molecule has 2 aromatic rings. The number of ether oxygens (including phenoxy) is 2. The Morgan fingerprint density at radius 2 is 1.95 bits per heavy atom. The molecule has 8 heteroatoms. The molecule has 0 saturated heterocycles. The summed E-state index contributed by atoms with van der Waals surface area (Å²) in [5.74, 6) is 1.01. The molecule has 0 unspecified atom stereocenters. The van der Waals surface area contributed by atoms with Crippen LogP contribution in [0.15, 0.2) is 28.5 Å². The smallest absolute Gasteiger partial charge is 0.265 e. The third-order valence-corrected chi connectivity index (χ3v) is 5.94. The van der Waals surface area contributed by atoms with E-state index in [-0.39, 0.29) is 4.90 Å². The van der Waals surface area contributed by atoms with E-state index in [4.69, 9.17) is 9.47 Å². The highest BCUT2D eigenvalue weighted by molar-refractivity contribution is 7.93. The van der Waals surface area contributed by atoms with Gasteiger partial charge in [0.2, 0.25) is 0 Å². The number of benzene rings is 1. The molecule has 0 N–H and O–H groups in total. The third-order valence-electron chi connectivity index (χ3n) is 3.05. The van der Waals surface area contributed by atoms with Crippen LogP contribution in [-0.4, -0.2) is 33.7 Å². The number of anilines is 1. The first-order chi connectivity index (χ1) is 9.98. The molecule has 0 radical (unpaired) electrons. The zero-order chi connectivity index (χ0) is 15.0. The Labute approximate surface area is 127 Å². The quantitative estimate of drug-likeness (QED) is 0.863. The van der Waals surface area contributed by atoms with Gasteiger partial charge in [-0.25, -0.2) is 17.7 Å². The Bertz CT molecular complexity index is 770. The molecule has 0 amide bonds. The zero-order valence-electron chi connectivity index (χ0n) is 11.6. The maximum atomic E-state index is 12.6. The number of hydrogen-bond acceptors (Lipinski definition) is 6. The van der Waals surface area contributed by atoms with Crippen LogP contribution in [0, 0.1) is 6.92 Å². The molecular formula is C13H14N2O4S2. The molecule has 0 fully saturated rings. The second-order valence-corrected chi connectivity index (χ2v) is 7.36. The Morgan fingerprint density at radius 3 is 2.62 bits per heavy atom. The van der Waals surface area contributed by atoms with Crippen molar-refractivity contribution in [3.63, 3.8) is 0 Å². The largest absolute Gasteiger partial charge is 0.486 e. The molecule has 1 aliphatic heterocycles. The molecule has 112 valence electrons. The van der Waals surface area contributed by atoms with E-state index in [0.717, 1.165) is 5.69 Å². The molecule has 0 bridgehead atoms. The van der Waals surface area contributed by atoms with Gasteiger partial charge in [0.25, 0.3) is 10.0 Å². The highest BCUT2D eigenvalue weighted by Crippen LogP contribution is 2.34. The van der Waals surface area contributed by atoms with Crippen molar-refractivity contribution in [2.75, 3.05) is 24.6 Å². The molecule has 3 rings (SSSR count). The molecule has 6 nitrogen and oxygen atoms in total. The van der Waals surface area contributed by atoms with Gasteiger partial charge < -0.3 is 9.47 Å². The number of rotatable bonds is 3. The van der Waals surface area contributed by atoms with Crippen LogP contribution in [0.25, 0.3) is 0 Å². The average Bonchev–Trinajstić information content (AvgIpc) is 2.92. The van der Waals surface area contributed by atoms with Crippen molar-refractivity contribution in [3.05, 3.63) is 29.3 Å². The van der Waals surface area contributed by atoms with Crippen LogP contribution in [0.1, 0.15) is 5.69 Å². The fourth-order valence-corrected chi connectivity index (χ4v) is 4.09. The second kappa shape index (κ2) is 5.19. The Kier molecular flexibility index (Phi) is 3.50. The van der Waals surface area contributed by atoms with E-state index in [0.29, 0.717) is 29.8 Å². The summed E-state index contributed by atoms with van der Waals surface area (Å²) in [5.41, 5.74) is 0.791. The zero-order valence-corrected chi connectivity index (χ0v) is 13.2. The van der Waals surface area contributed by atoms with Crippen LogP contribution < -0.4 is 13.8 Å². The van der Waals surface area contributed by atoms with Gasteiger partial charge in [-0.1, -0.05) is 0 Å². The molecule has 0 aliphatic carbocycles. The fourth-order valence-electron chi connectivity index (χ4n) is 1.93. The molecule has 0 atom stereocenters. The maximum Gasteiger partial charge on any atom is 0.265 e. The summed E-state index contributed by atoms with van der Waals surface area (Å²) in [6.45, 7) is 2.71. The Morgan fingerprint density at radius 1 is 1.24 bits per heavy atom. The van der Waals surface area contributed by atoms with Gasteiger partial charge in [0.05, 0.1) is 10.6 Å². The standard InChI is InChI=1S/C13H14N2O4S2/c1-9-8-20-13(14-9)15(2)21(16,17)10-3-4-11-12(7-10)19-6-5-18-11/h3-4,7-8H,5-6H2,1-2H3. The molecule has 0 spiro atoms. The van der Waals surface area contributed by atoms with E-state index in [1.807, 2.05) is 12.3 Å². The van der Waals surface area contributed by atoms with Crippen LogP contribution in [-0.2, 0) is 10.0 Å². The van der Waals surface area contributed by atoms with Crippen molar-refractivity contribution >= 4 is 26.5 Å². The molecule has 1 aromatic heterocycles. The van der Waals surface area contributed by atoms with E-state index in [1.54, 1.807) is 6.07 Å². The predicted octanol–water partition coefficient (Wildman–Crippen LogP) is 2.05. The average molecular weight is 326 g/mol. The fraction of sp³-hybridized carbons (Fsp3) is 0.308. The van der Waals surface area contributed by atoms with Crippen molar-refractivity contribution in [2.45, 2.75) is 11.8 Å². The summed E-state index contributed by atoms with van der Waals surface area (Å²) in [6.07, 6.45) is 0. The summed E-state index contributed by atoms with van der Waals surface area (Å²) in [5, 5.41) is 2.24. The van der Waals surface area contributed by atoms with E-state index >= 15 is 0 Å². The minimum absolute atomic E-state index is 0.155. The summed E-state index contributed by atoms with van der Waals surface area (Å²) in [4.78, 5) is 4.35. The lowest BCUT2D eigenvalue weighted by Gasteiger charge is -2.21. The first-order valence-electron chi connectivity index (χ1n) is 6.29. The molecule has 1 aromatic carbocycles. The number of thiazole rings is 1. The summed E-state index contributed by atoms with van der Waals surface area (Å²) >= 11 is 1.29. The van der Waals surface area contributed by atoms with Gasteiger partial charge in [-0.05, 0) is 19.1 Å². The van der Waals surface area contributed by atoms with E-state index < -0.39 is 10.0 Å². The summed E-state index contributed by atoms with van der Waals surface area (Å²) in [6, 6.07) is 4.61. The predicted molar refractivity (Wildman–Crippen MR) is 79.9 cm³/mol. The van der Waals surface area contributed by atoms with Crippen LogP contribution >= 0.6 is 11.3 Å². The molecule has 0 saturated carbocycles. The van der Waals surface area contributed by atoms with Crippen LogP contribution in [0.5, 0.6) is 11.5 Å². The van der Waals surface area contributed by atoms with Gasteiger partial charge in [0, 0.05) is 18.5 Å². The number of nitrogens with zero attached hydrogens (tertiary/aromatic N) is 2. The Balaban J connectivity index is 1.98. The van der Waals surface area contributed by atoms with Gasteiger partial charge >= 0.3 is 0 Å². The second-order valence-electron chi connectivity index (χ2n) is 4.55. The van der Waals surface area contributed by atoms with Crippen LogP contribution in [0.4, 0.5) is 5.13 Å². The first-order valence-corrected chi connectivity index (χ1v) is 8.61. The molecular weight excluding hydrogens is 312 g/mol. The minimum atomic E-state index is -3.67. The Hall–Kier alpha value is -1.80. The molecule has 21 heavy (non-hydrogen) atoms. The minimum Gasteiger partial charge on any atom is -0.486 e. The van der Waals surface area contributed by atoms with E-state index in [9.17, 15) is 8.42 Å². The maximum absolute atomic E-state index is 12.6. The summed E-state index contributed by atoms with van der Waals surface area (Å²) < 4.78 is 37.2. The number of aryl methyl sites for hydroxylation is 1. The van der Waals surface area contributed by atoms with Crippen LogP contribution in [0.3, 0.4) is 0 Å². The van der Waals surface area contributed by atoms with Crippen molar-refractivity contribution in [3.8, 4) is 11.5 Å². The van der Waals surface area contributed by atoms with E-state index in [2.05, 4.69) is 4.98 Å². The lowest BCUT2D eigenvalue weighted by atomic mass is 10.3. The van der Waals surface area contributed by atoms with Gasteiger partial charge in [0.15, 0.2) is 16.6 Å². The van der Waals surface area contributed by atoms with Crippen molar-refractivity contribution < 1.29 is 17.9 Å². The number of sulfonamides is 1. The van der Waals surface area contributed by atoms with Gasteiger partial charge in [-0.2, -0.15) is 0 Å². The van der Waals surface area contributed by atoms with Crippen molar-refractivity contribution in [2.24, 2.45) is 0 Å². The number of hydrogen-bond donors (Lipinski definition) is 0. The third kappa shape index (κ3) is 2.56. The number of fused-ring (bicyclic) bond motifs is 1. The van der Waals surface area contributed by atoms with Gasteiger partial charge in [-0.15, -0.1) is 11.3 Å². The molecule has 1 aliphatic rings. The number of aromatic nitrogens is 1. The van der Waals surface area contributed by atoms with Crippen molar-refractivity contribution in [1.82, 2.24) is 4.98 Å². The lowest BCUT2D eigenvalue weighted by molar-refractivity contribution is 0.171. The van der Waals surface area contributed by atoms with Gasteiger partial charge in [0.1, 0.15) is 13.2 Å². The molecule has 2 heterocycles. The van der Waals surface area contributed by atoms with E-state index in [1.165, 1.54) is 34.8 Å². The lowest BCUT2D eigenvalue weighted by Crippen LogP contribution is -2.26.